The summed E-state index contributed by atoms with van der Waals surface area (Å²) in [5, 5.41) is 9.03. The molecule has 4 aromatic rings. The summed E-state index contributed by atoms with van der Waals surface area (Å²) < 4.78 is 7.42. The van der Waals surface area contributed by atoms with Gasteiger partial charge in [0.05, 0.1) is 23.9 Å². The number of nitrogens with two attached hydrogens (primary N) is 1. The van der Waals surface area contributed by atoms with E-state index in [9.17, 15) is 9.59 Å². The molecule has 0 aliphatic rings. The van der Waals surface area contributed by atoms with Crippen molar-refractivity contribution < 1.29 is 14.6 Å². The molecule has 0 aliphatic carbocycles. The van der Waals surface area contributed by atoms with Crippen LogP contribution in [0.15, 0.2) is 76.6 Å². The summed E-state index contributed by atoms with van der Waals surface area (Å²) >= 11 is 0. The largest absolute Gasteiger partial charge is 0.475 e. The van der Waals surface area contributed by atoms with E-state index in [1.165, 1.54) is 0 Å². The summed E-state index contributed by atoms with van der Waals surface area (Å²) in [6.07, 6.45) is 2.47. The first-order valence-corrected chi connectivity index (χ1v) is 13.7. The Balaban J connectivity index is 1.72. The number of ether oxygens (including phenoxy) is 1. The third-order valence-corrected chi connectivity index (χ3v) is 6.54. The van der Waals surface area contributed by atoms with Gasteiger partial charge in [0.15, 0.2) is 0 Å². The molecule has 41 heavy (non-hydrogen) atoms. The van der Waals surface area contributed by atoms with E-state index in [2.05, 4.69) is 16.9 Å². The Hall–Kier alpha value is -4.79. The maximum atomic E-state index is 14.0. The van der Waals surface area contributed by atoms with Crippen molar-refractivity contribution in [2.24, 2.45) is 10.7 Å². The molecule has 4 rings (SSSR count). The molecule has 0 spiro atoms. The SMILES string of the molecule is CCCc1nc(CC)c(-c2ccc(OC(C)C)nc2)c(=O)n1Cc1ccc(-c2ccccc2/C(N)=N/C(=O)O)cc1. The van der Waals surface area contributed by atoms with Gasteiger partial charge in [-0.25, -0.2) is 14.8 Å². The zero-order chi connectivity index (χ0) is 29.5. The normalized spacial score (nSPS) is 11.6. The number of carboxylic acid groups (broad SMARTS) is 1. The van der Waals surface area contributed by atoms with Gasteiger partial charge in [0, 0.05) is 29.8 Å². The number of rotatable bonds is 10. The van der Waals surface area contributed by atoms with Crippen LogP contribution in [0, 0.1) is 0 Å². The number of hydrogen-bond donors (Lipinski definition) is 2. The molecule has 3 N–H and O–H groups in total. The van der Waals surface area contributed by atoms with Crippen molar-refractivity contribution >= 4 is 11.9 Å². The fourth-order valence-corrected chi connectivity index (χ4v) is 4.70. The van der Waals surface area contributed by atoms with Crippen LogP contribution in [-0.4, -0.2) is 37.7 Å². The van der Waals surface area contributed by atoms with Gasteiger partial charge >= 0.3 is 6.09 Å². The van der Waals surface area contributed by atoms with Crippen LogP contribution in [0.4, 0.5) is 4.79 Å². The maximum absolute atomic E-state index is 14.0. The molecule has 2 heterocycles. The van der Waals surface area contributed by atoms with E-state index in [-0.39, 0.29) is 17.5 Å². The van der Waals surface area contributed by atoms with Crippen molar-refractivity contribution in [2.45, 2.75) is 59.6 Å². The topological polar surface area (TPSA) is 133 Å². The Morgan fingerprint density at radius 3 is 2.37 bits per heavy atom. The van der Waals surface area contributed by atoms with E-state index in [1.54, 1.807) is 29.0 Å². The van der Waals surface area contributed by atoms with Crippen molar-refractivity contribution in [1.82, 2.24) is 14.5 Å². The van der Waals surface area contributed by atoms with E-state index >= 15 is 0 Å². The molecule has 0 saturated carbocycles. The molecular formula is C32H35N5O4. The Bertz CT molecular complexity index is 1610. The number of aryl methyl sites for hydroxylation is 2. The van der Waals surface area contributed by atoms with E-state index in [0.29, 0.717) is 42.0 Å². The number of aromatic nitrogens is 3. The summed E-state index contributed by atoms with van der Waals surface area (Å²) in [5.74, 6) is 1.19. The van der Waals surface area contributed by atoms with Crippen molar-refractivity contribution in [1.29, 1.82) is 0 Å². The Kier molecular flexibility index (Phi) is 9.29. The quantitative estimate of drug-likeness (QED) is 0.190. The molecule has 0 atom stereocenters. The van der Waals surface area contributed by atoms with Gasteiger partial charge in [-0.05, 0) is 49.4 Å². The lowest BCUT2D eigenvalue weighted by atomic mass is 9.98. The van der Waals surface area contributed by atoms with Gasteiger partial charge in [0.1, 0.15) is 11.7 Å². The number of amides is 1. The molecule has 9 nitrogen and oxygen atoms in total. The van der Waals surface area contributed by atoms with Crippen LogP contribution in [0.3, 0.4) is 0 Å². The highest BCUT2D eigenvalue weighted by atomic mass is 16.5. The average Bonchev–Trinajstić information content (AvgIpc) is 2.95. The summed E-state index contributed by atoms with van der Waals surface area (Å²) in [5.41, 5.74) is 10.9. The summed E-state index contributed by atoms with van der Waals surface area (Å²) in [4.78, 5) is 37.9. The Labute approximate surface area is 239 Å². The predicted octanol–water partition coefficient (Wildman–Crippen LogP) is 5.71. The van der Waals surface area contributed by atoms with Gasteiger partial charge < -0.3 is 15.6 Å². The highest BCUT2D eigenvalue weighted by Crippen LogP contribution is 2.25. The lowest BCUT2D eigenvalue weighted by Crippen LogP contribution is -2.29. The molecule has 0 unspecified atom stereocenters. The minimum atomic E-state index is -1.35. The second kappa shape index (κ2) is 13.0. The fourth-order valence-electron chi connectivity index (χ4n) is 4.70. The van der Waals surface area contributed by atoms with Crippen molar-refractivity contribution in [3.8, 4) is 28.1 Å². The second-order valence-electron chi connectivity index (χ2n) is 9.92. The number of carbonyl (C=O) groups is 1. The molecule has 0 fully saturated rings. The van der Waals surface area contributed by atoms with E-state index in [0.717, 1.165) is 34.6 Å². The summed E-state index contributed by atoms with van der Waals surface area (Å²) in [6.45, 7) is 8.30. The van der Waals surface area contributed by atoms with Crippen LogP contribution in [0.25, 0.3) is 22.3 Å². The summed E-state index contributed by atoms with van der Waals surface area (Å²) in [6, 6.07) is 18.6. The minimum Gasteiger partial charge on any atom is -0.475 e. The molecule has 212 valence electrons. The third-order valence-electron chi connectivity index (χ3n) is 6.54. The zero-order valence-electron chi connectivity index (χ0n) is 23.8. The monoisotopic (exact) mass is 553 g/mol. The van der Waals surface area contributed by atoms with Gasteiger partial charge in [0.25, 0.3) is 5.56 Å². The maximum Gasteiger partial charge on any atom is 0.433 e. The number of pyridine rings is 1. The Morgan fingerprint density at radius 1 is 1.05 bits per heavy atom. The molecule has 0 aliphatic heterocycles. The minimum absolute atomic E-state index is 0.00173. The van der Waals surface area contributed by atoms with E-state index in [1.807, 2.05) is 63.2 Å². The molecular weight excluding hydrogens is 518 g/mol. The van der Waals surface area contributed by atoms with Crippen LogP contribution in [0.2, 0.25) is 0 Å². The standard InChI is InChI=1S/C32H35N5O4/c1-5-9-27-35-26(6-2)29(23-16-17-28(34-18-23)41-20(3)4)31(38)37(27)19-21-12-14-22(15-13-21)24-10-7-8-11-25(24)30(33)36-32(39)40/h7-8,10-18,20H,5-6,9,19H2,1-4H3,(H2,33,36)(H,39,40). The van der Waals surface area contributed by atoms with Crippen LogP contribution >= 0.6 is 0 Å². The molecule has 0 radical (unpaired) electrons. The van der Waals surface area contributed by atoms with E-state index < -0.39 is 6.09 Å². The third kappa shape index (κ3) is 6.87. The number of amidine groups is 1. The van der Waals surface area contributed by atoms with Gasteiger partial charge in [-0.1, -0.05) is 62.4 Å². The van der Waals surface area contributed by atoms with Crippen LogP contribution in [0.5, 0.6) is 5.88 Å². The number of aliphatic imine (C=N–C) groups is 1. The number of nitrogens with zero attached hydrogens (tertiary/aromatic N) is 4. The highest BCUT2D eigenvalue weighted by molar-refractivity contribution is 6.07. The van der Waals surface area contributed by atoms with Crippen LogP contribution < -0.4 is 16.0 Å². The van der Waals surface area contributed by atoms with Crippen molar-refractivity contribution in [3.05, 3.63) is 99.9 Å². The van der Waals surface area contributed by atoms with Gasteiger partial charge in [-0.2, -0.15) is 4.99 Å². The Morgan fingerprint density at radius 2 is 1.76 bits per heavy atom. The molecule has 0 bridgehead atoms. The summed E-state index contributed by atoms with van der Waals surface area (Å²) in [7, 11) is 0. The molecule has 0 saturated heterocycles. The molecule has 2 aromatic heterocycles. The molecule has 2 aromatic carbocycles. The zero-order valence-corrected chi connectivity index (χ0v) is 23.8. The lowest BCUT2D eigenvalue weighted by molar-refractivity contribution is 0.205. The van der Waals surface area contributed by atoms with Gasteiger partial charge in [-0.15, -0.1) is 0 Å². The van der Waals surface area contributed by atoms with Crippen molar-refractivity contribution in [2.75, 3.05) is 0 Å². The van der Waals surface area contributed by atoms with Crippen LogP contribution in [0.1, 0.15) is 56.8 Å². The first kappa shape index (κ1) is 29.2. The smallest absolute Gasteiger partial charge is 0.433 e. The number of benzene rings is 2. The first-order chi connectivity index (χ1) is 19.7. The average molecular weight is 554 g/mol. The first-order valence-electron chi connectivity index (χ1n) is 13.7. The number of hydrogen-bond acceptors (Lipinski definition) is 5. The van der Waals surface area contributed by atoms with Crippen molar-refractivity contribution in [3.63, 3.8) is 0 Å². The van der Waals surface area contributed by atoms with Crippen LogP contribution in [-0.2, 0) is 19.4 Å². The highest BCUT2D eigenvalue weighted by Gasteiger charge is 2.18. The van der Waals surface area contributed by atoms with Gasteiger partial charge in [0.2, 0.25) is 5.88 Å². The van der Waals surface area contributed by atoms with Gasteiger partial charge in [-0.3, -0.25) is 9.36 Å². The van der Waals surface area contributed by atoms with E-state index in [4.69, 9.17) is 20.6 Å². The predicted molar refractivity (Wildman–Crippen MR) is 161 cm³/mol. The second-order valence-corrected chi connectivity index (χ2v) is 9.92. The fraction of sp³-hybridized carbons (Fsp3) is 0.281. The molecule has 9 heteroatoms. The molecule has 1 amide bonds. The lowest BCUT2D eigenvalue weighted by Gasteiger charge is -2.17.